The first-order valence-corrected chi connectivity index (χ1v) is 8.07. The number of benzene rings is 2. The second kappa shape index (κ2) is 7.53. The van der Waals surface area contributed by atoms with Gasteiger partial charge in [-0.15, -0.1) is 0 Å². The average molecular weight is 345 g/mol. The van der Waals surface area contributed by atoms with Crippen molar-refractivity contribution in [2.75, 3.05) is 20.3 Å². The van der Waals surface area contributed by atoms with Crippen LogP contribution in [-0.4, -0.2) is 42.3 Å². The van der Waals surface area contributed by atoms with Crippen LogP contribution in [0.25, 0.3) is 0 Å². The van der Waals surface area contributed by atoms with Gasteiger partial charge in [-0.25, -0.2) is 4.39 Å². The number of carbonyl (C=O) groups is 1. The van der Waals surface area contributed by atoms with E-state index in [0.29, 0.717) is 17.9 Å². The number of para-hydroxylation sites is 2. The fraction of sp³-hybridized carbons (Fsp3) is 0.316. The average Bonchev–Trinajstić information content (AvgIpc) is 3.02. The van der Waals surface area contributed by atoms with Gasteiger partial charge in [-0.3, -0.25) is 4.79 Å². The number of aliphatic hydroxyl groups is 1. The molecule has 25 heavy (non-hydrogen) atoms. The molecule has 1 saturated heterocycles. The first-order valence-electron chi connectivity index (χ1n) is 8.07. The van der Waals surface area contributed by atoms with E-state index in [1.165, 1.54) is 19.2 Å². The number of ether oxygens (including phenoxy) is 2. The molecule has 5 nitrogen and oxygen atoms in total. The summed E-state index contributed by atoms with van der Waals surface area (Å²) in [6, 6.07) is 12.8. The molecule has 2 aromatic rings. The van der Waals surface area contributed by atoms with Gasteiger partial charge in [0, 0.05) is 6.54 Å². The summed E-state index contributed by atoms with van der Waals surface area (Å²) in [5, 5.41) is 9.97. The van der Waals surface area contributed by atoms with Crippen LogP contribution in [0.4, 0.5) is 4.39 Å². The molecule has 0 aliphatic carbocycles. The van der Waals surface area contributed by atoms with Gasteiger partial charge in [0.15, 0.2) is 18.1 Å². The Bertz CT molecular complexity index is 734. The smallest absolute Gasteiger partial charge is 0.261 e. The van der Waals surface area contributed by atoms with Gasteiger partial charge in [0.25, 0.3) is 5.91 Å². The van der Waals surface area contributed by atoms with Gasteiger partial charge in [0.2, 0.25) is 0 Å². The van der Waals surface area contributed by atoms with Crippen LogP contribution in [0, 0.1) is 5.82 Å². The molecule has 0 bridgehead atoms. The summed E-state index contributed by atoms with van der Waals surface area (Å²) in [5.41, 5.74) is 0.795. The van der Waals surface area contributed by atoms with Crippen LogP contribution in [0.15, 0.2) is 48.5 Å². The number of amides is 1. The minimum atomic E-state index is -0.606. The lowest BCUT2D eigenvalue weighted by atomic mass is 10.0. The largest absolute Gasteiger partial charge is 0.493 e. The van der Waals surface area contributed by atoms with Crippen molar-refractivity contribution in [1.82, 2.24) is 4.90 Å². The van der Waals surface area contributed by atoms with Crippen molar-refractivity contribution in [3.8, 4) is 11.5 Å². The third kappa shape index (κ3) is 3.91. The minimum Gasteiger partial charge on any atom is -0.493 e. The molecule has 0 unspecified atom stereocenters. The lowest BCUT2D eigenvalue weighted by molar-refractivity contribution is -0.134. The zero-order valence-corrected chi connectivity index (χ0v) is 13.9. The molecule has 6 heteroatoms. The van der Waals surface area contributed by atoms with E-state index in [1.807, 2.05) is 6.07 Å². The third-order valence-corrected chi connectivity index (χ3v) is 4.27. The lowest BCUT2D eigenvalue weighted by Crippen LogP contribution is -2.35. The number of carbonyl (C=O) groups excluding carboxylic acids is 1. The zero-order valence-electron chi connectivity index (χ0n) is 13.9. The van der Waals surface area contributed by atoms with E-state index >= 15 is 0 Å². The van der Waals surface area contributed by atoms with Gasteiger partial charge < -0.3 is 19.5 Å². The zero-order chi connectivity index (χ0) is 17.8. The van der Waals surface area contributed by atoms with Crippen molar-refractivity contribution in [2.24, 2.45) is 0 Å². The molecular weight excluding hydrogens is 325 g/mol. The first kappa shape index (κ1) is 17.2. The van der Waals surface area contributed by atoms with Crippen LogP contribution in [0.2, 0.25) is 0 Å². The van der Waals surface area contributed by atoms with Crippen LogP contribution in [0.3, 0.4) is 0 Å². The number of β-amino-alcohol motifs (C(OH)–C–C–N with tert-alkyl or cyclic N) is 1. The Morgan fingerprint density at radius 3 is 2.56 bits per heavy atom. The van der Waals surface area contributed by atoms with Gasteiger partial charge in [0.1, 0.15) is 5.82 Å². The maximum atomic E-state index is 13.1. The molecule has 3 rings (SSSR count). The Labute approximate surface area is 145 Å². The van der Waals surface area contributed by atoms with E-state index < -0.39 is 6.10 Å². The molecule has 0 spiro atoms. The van der Waals surface area contributed by atoms with E-state index in [0.717, 1.165) is 5.56 Å². The van der Waals surface area contributed by atoms with Crippen LogP contribution in [0.5, 0.6) is 11.5 Å². The fourth-order valence-electron chi connectivity index (χ4n) is 3.05. The monoisotopic (exact) mass is 345 g/mol. The number of hydrogen-bond donors (Lipinski definition) is 1. The molecule has 1 N–H and O–H groups in total. The molecule has 1 heterocycles. The summed E-state index contributed by atoms with van der Waals surface area (Å²) in [6.45, 7) is 0.0704. The molecule has 132 valence electrons. The Kier molecular flexibility index (Phi) is 5.19. The predicted molar refractivity (Wildman–Crippen MR) is 90.0 cm³/mol. The standard InChI is InChI=1S/C19H20FNO4/c1-24-17-4-2-3-5-18(17)25-12-19(23)21-11-15(22)10-16(21)13-6-8-14(20)9-7-13/h2-9,15-16,22H,10-12H2,1H3/t15-,16-/m1/s1. The normalized spacial score (nSPS) is 19.7. The summed E-state index contributed by atoms with van der Waals surface area (Å²) in [7, 11) is 1.53. The highest BCUT2D eigenvalue weighted by Crippen LogP contribution is 2.33. The number of halogens is 1. The number of methoxy groups -OCH3 is 1. The second-order valence-corrected chi connectivity index (χ2v) is 5.94. The first-order chi connectivity index (χ1) is 12.1. The van der Waals surface area contributed by atoms with Gasteiger partial charge in [-0.05, 0) is 36.2 Å². The van der Waals surface area contributed by atoms with E-state index in [1.54, 1.807) is 35.2 Å². The van der Waals surface area contributed by atoms with Crippen molar-refractivity contribution in [1.29, 1.82) is 0 Å². The Hall–Kier alpha value is -2.60. The van der Waals surface area contributed by atoms with Crippen LogP contribution < -0.4 is 9.47 Å². The van der Waals surface area contributed by atoms with Crippen molar-refractivity contribution in [3.05, 3.63) is 59.9 Å². The number of likely N-dealkylation sites (tertiary alicyclic amines) is 1. The molecule has 1 aliphatic rings. The molecular formula is C19H20FNO4. The van der Waals surface area contributed by atoms with Gasteiger partial charge in [0.05, 0.1) is 19.3 Å². The van der Waals surface area contributed by atoms with Crippen molar-refractivity contribution >= 4 is 5.91 Å². The summed E-state index contributed by atoms with van der Waals surface area (Å²) < 4.78 is 23.9. The Morgan fingerprint density at radius 1 is 1.20 bits per heavy atom. The number of hydrogen-bond acceptors (Lipinski definition) is 4. The summed E-state index contributed by atoms with van der Waals surface area (Å²) >= 11 is 0. The summed E-state index contributed by atoms with van der Waals surface area (Å²) in [5.74, 6) is 0.458. The lowest BCUT2D eigenvalue weighted by Gasteiger charge is -2.25. The summed E-state index contributed by atoms with van der Waals surface area (Å²) in [6.07, 6.45) is -0.184. The molecule has 0 aromatic heterocycles. The molecule has 2 aromatic carbocycles. The molecule has 2 atom stereocenters. The Balaban J connectivity index is 1.70. The molecule has 0 saturated carbocycles. The van der Waals surface area contributed by atoms with Gasteiger partial charge >= 0.3 is 0 Å². The SMILES string of the molecule is COc1ccccc1OCC(=O)N1C[C@H](O)C[C@@H]1c1ccc(F)cc1. The second-order valence-electron chi connectivity index (χ2n) is 5.94. The predicted octanol–water partition coefficient (Wildman–Crippen LogP) is 2.55. The number of aliphatic hydroxyl groups excluding tert-OH is 1. The van der Waals surface area contributed by atoms with Crippen LogP contribution in [-0.2, 0) is 4.79 Å². The van der Waals surface area contributed by atoms with Crippen molar-refractivity contribution in [3.63, 3.8) is 0 Å². The quantitative estimate of drug-likeness (QED) is 0.905. The van der Waals surface area contributed by atoms with E-state index in [4.69, 9.17) is 9.47 Å². The summed E-state index contributed by atoms with van der Waals surface area (Å²) in [4.78, 5) is 14.2. The van der Waals surface area contributed by atoms with Gasteiger partial charge in [-0.2, -0.15) is 0 Å². The minimum absolute atomic E-state index is 0.162. The highest BCUT2D eigenvalue weighted by Gasteiger charge is 2.35. The molecule has 1 fully saturated rings. The third-order valence-electron chi connectivity index (χ3n) is 4.27. The maximum Gasteiger partial charge on any atom is 0.261 e. The van der Waals surface area contributed by atoms with Crippen LogP contribution in [0.1, 0.15) is 18.0 Å². The van der Waals surface area contributed by atoms with Crippen molar-refractivity contribution in [2.45, 2.75) is 18.6 Å². The highest BCUT2D eigenvalue weighted by atomic mass is 19.1. The molecule has 1 amide bonds. The fourth-order valence-corrected chi connectivity index (χ4v) is 3.05. The number of nitrogens with zero attached hydrogens (tertiary/aromatic N) is 1. The van der Waals surface area contributed by atoms with Gasteiger partial charge in [-0.1, -0.05) is 24.3 Å². The Morgan fingerprint density at radius 2 is 1.88 bits per heavy atom. The van der Waals surface area contributed by atoms with Crippen LogP contribution >= 0.6 is 0 Å². The molecule has 0 radical (unpaired) electrons. The molecule has 1 aliphatic heterocycles. The van der Waals surface area contributed by atoms with Crippen molar-refractivity contribution < 1.29 is 23.8 Å². The van der Waals surface area contributed by atoms with E-state index in [9.17, 15) is 14.3 Å². The topological polar surface area (TPSA) is 59.0 Å². The number of rotatable bonds is 5. The van der Waals surface area contributed by atoms with E-state index in [-0.39, 0.29) is 30.9 Å². The maximum absolute atomic E-state index is 13.1. The highest BCUT2D eigenvalue weighted by molar-refractivity contribution is 5.78. The van der Waals surface area contributed by atoms with E-state index in [2.05, 4.69) is 0 Å².